The molecule has 1 aliphatic rings. The number of nitrogens with zero attached hydrogens (tertiary/aromatic N) is 4. The van der Waals surface area contributed by atoms with Crippen LogP contribution in [0.4, 0.5) is 0 Å². The van der Waals surface area contributed by atoms with Crippen LogP contribution in [0.2, 0.25) is 0 Å². The summed E-state index contributed by atoms with van der Waals surface area (Å²) >= 11 is 0. The largest absolute Gasteiger partial charge is 0.299 e. The van der Waals surface area contributed by atoms with Gasteiger partial charge in [-0.1, -0.05) is 0 Å². The van der Waals surface area contributed by atoms with Gasteiger partial charge in [-0.05, 0) is 56.6 Å². The minimum absolute atomic E-state index is 0.588. The van der Waals surface area contributed by atoms with Crippen LogP contribution in [0.15, 0.2) is 36.8 Å². The highest BCUT2D eigenvalue weighted by Crippen LogP contribution is 2.27. The average molecular weight is 268 g/mol. The van der Waals surface area contributed by atoms with Gasteiger partial charge in [0.15, 0.2) is 0 Å². The summed E-state index contributed by atoms with van der Waals surface area (Å²) in [6, 6.07) is 6.26. The number of piperidine rings is 1. The number of hydrogen-bond acceptors (Lipinski definition) is 4. The van der Waals surface area contributed by atoms with Crippen LogP contribution in [0.25, 0.3) is 0 Å². The molecule has 0 bridgehead atoms. The van der Waals surface area contributed by atoms with Crippen molar-refractivity contribution in [2.45, 2.75) is 32.2 Å². The summed E-state index contributed by atoms with van der Waals surface area (Å²) in [5.41, 5.74) is 2.55. The number of aryl methyl sites for hydroxylation is 1. The molecule has 1 saturated heterocycles. The number of rotatable bonds is 3. The van der Waals surface area contributed by atoms with E-state index in [0.717, 1.165) is 25.5 Å². The van der Waals surface area contributed by atoms with Crippen molar-refractivity contribution in [3.63, 3.8) is 0 Å². The Morgan fingerprint density at radius 2 is 1.85 bits per heavy atom. The van der Waals surface area contributed by atoms with E-state index in [1.165, 1.54) is 24.1 Å². The van der Waals surface area contributed by atoms with Gasteiger partial charge in [0.05, 0.1) is 0 Å². The Labute approximate surface area is 119 Å². The van der Waals surface area contributed by atoms with Crippen molar-refractivity contribution < 1.29 is 0 Å². The fourth-order valence-electron chi connectivity index (χ4n) is 2.84. The SMILES string of the molecule is Cc1nccc(C2CCN(Cc3ccncc3)CC2)n1. The maximum Gasteiger partial charge on any atom is 0.125 e. The van der Waals surface area contributed by atoms with Crippen LogP contribution in [0.3, 0.4) is 0 Å². The summed E-state index contributed by atoms with van der Waals surface area (Å²) in [5, 5.41) is 0. The van der Waals surface area contributed by atoms with E-state index >= 15 is 0 Å². The van der Waals surface area contributed by atoms with E-state index in [4.69, 9.17) is 0 Å². The smallest absolute Gasteiger partial charge is 0.125 e. The summed E-state index contributed by atoms with van der Waals surface area (Å²) < 4.78 is 0. The van der Waals surface area contributed by atoms with Crippen molar-refractivity contribution in [1.82, 2.24) is 19.9 Å². The number of pyridine rings is 1. The first-order chi connectivity index (χ1) is 9.81. The zero-order chi connectivity index (χ0) is 13.8. The van der Waals surface area contributed by atoms with Gasteiger partial charge < -0.3 is 0 Å². The standard InChI is InChI=1S/C16H20N4/c1-13-18-9-4-16(19-13)15-5-10-20(11-6-15)12-14-2-7-17-8-3-14/h2-4,7-9,15H,5-6,10-12H2,1H3. The van der Waals surface area contributed by atoms with Gasteiger partial charge >= 0.3 is 0 Å². The number of aromatic nitrogens is 3. The molecule has 1 fully saturated rings. The van der Waals surface area contributed by atoms with E-state index in [-0.39, 0.29) is 0 Å². The van der Waals surface area contributed by atoms with Gasteiger partial charge in [-0.15, -0.1) is 0 Å². The predicted molar refractivity (Wildman–Crippen MR) is 78.3 cm³/mol. The van der Waals surface area contributed by atoms with Crippen molar-refractivity contribution in [2.24, 2.45) is 0 Å². The molecule has 0 radical (unpaired) electrons. The molecule has 3 heterocycles. The zero-order valence-corrected chi connectivity index (χ0v) is 11.9. The van der Waals surface area contributed by atoms with E-state index in [0.29, 0.717) is 5.92 Å². The van der Waals surface area contributed by atoms with Crippen LogP contribution in [0, 0.1) is 6.92 Å². The van der Waals surface area contributed by atoms with E-state index in [1.807, 2.05) is 25.5 Å². The Kier molecular flexibility index (Phi) is 4.02. The minimum atomic E-state index is 0.588. The predicted octanol–water partition coefficient (Wildman–Crippen LogP) is 2.56. The fourth-order valence-corrected chi connectivity index (χ4v) is 2.84. The highest BCUT2D eigenvalue weighted by atomic mass is 15.1. The Bertz CT molecular complexity index is 547. The highest BCUT2D eigenvalue weighted by molar-refractivity contribution is 5.11. The van der Waals surface area contributed by atoms with Gasteiger partial charge in [0.2, 0.25) is 0 Å². The lowest BCUT2D eigenvalue weighted by Crippen LogP contribution is -2.32. The Morgan fingerprint density at radius 1 is 1.10 bits per heavy atom. The third-order valence-electron chi connectivity index (χ3n) is 3.96. The van der Waals surface area contributed by atoms with Gasteiger partial charge in [-0.25, -0.2) is 9.97 Å². The molecule has 0 amide bonds. The topological polar surface area (TPSA) is 41.9 Å². The molecule has 2 aromatic rings. The maximum absolute atomic E-state index is 4.57. The Balaban J connectivity index is 1.57. The van der Waals surface area contributed by atoms with Crippen molar-refractivity contribution in [3.8, 4) is 0 Å². The Morgan fingerprint density at radius 3 is 2.55 bits per heavy atom. The average Bonchev–Trinajstić information content (AvgIpc) is 2.49. The summed E-state index contributed by atoms with van der Waals surface area (Å²) in [4.78, 5) is 15.3. The van der Waals surface area contributed by atoms with E-state index in [1.54, 1.807) is 0 Å². The summed E-state index contributed by atoms with van der Waals surface area (Å²) in [5.74, 6) is 1.46. The molecule has 0 unspecified atom stereocenters. The van der Waals surface area contributed by atoms with Crippen molar-refractivity contribution in [1.29, 1.82) is 0 Å². The van der Waals surface area contributed by atoms with Gasteiger partial charge in [-0.2, -0.15) is 0 Å². The van der Waals surface area contributed by atoms with Crippen LogP contribution in [-0.4, -0.2) is 32.9 Å². The molecule has 0 spiro atoms. The Hall–Kier alpha value is -1.81. The quantitative estimate of drug-likeness (QED) is 0.858. The van der Waals surface area contributed by atoms with Gasteiger partial charge in [0.25, 0.3) is 0 Å². The molecule has 0 N–H and O–H groups in total. The lowest BCUT2D eigenvalue weighted by Gasteiger charge is -2.31. The second-order valence-corrected chi connectivity index (χ2v) is 5.43. The number of hydrogen-bond donors (Lipinski definition) is 0. The zero-order valence-electron chi connectivity index (χ0n) is 11.9. The first-order valence-electron chi connectivity index (χ1n) is 7.22. The minimum Gasteiger partial charge on any atom is -0.299 e. The molecule has 0 atom stereocenters. The molecule has 104 valence electrons. The highest BCUT2D eigenvalue weighted by Gasteiger charge is 2.21. The second-order valence-electron chi connectivity index (χ2n) is 5.43. The molecular formula is C16H20N4. The molecule has 0 aromatic carbocycles. The molecule has 0 aliphatic carbocycles. The van der Waals surface area contributed by atoms with Crippen LogP contribution >= 0.6 is 0 Å². The fraction of sp³-hybridized carbons (Fsp3) is 0.438. The molecule has 2 aromatic heterocycles. The van der Waals surface area contributed by atoms with Gasteiger partial charge in [-0.3, -0.25) is 9.88 Å². The summed E-state index contributed by atoms with van der Waals surface area (Å²) in [6.07, 6.45) is 7.97. The molecule has 20 heavy (non-hydrogen) atoms. The number of likely N-dealkylation sites (tertiary alicyclic amines) is 1. The first-order valence-corrected chi connectivity index (χ1v) is 7.22. The van der Waals surface area contributed by atoms with Crippen LogP contribution in [0.5, 0.6) is 0 Å². The first kappa shape index (κ1) is 13.2. The third-order valence-corrected chi connectivity index (χ3v) is 3.96. The van der Waals surface area contributed by atoms with Crippen LogP contribution in [0.1, 0.15) is 35.8 Å². The lowest BCUT2D eigenvalue weighted by atomic mass is 9.93. The maximum atomic E-state index is 4.57. The van der Waals surface area contributed by atoms with Crippen molar-refractivity contribution in [2.75, 3.05) is 13.1 Å². The summed E-state index contributed by atoms with van der Waals surface area (Å²) in [6.45, 7) is 5.26. The van der Waals surface area contributed by atoms with E-state index in [9.17, 15) is 0 Å². The van der Waals surface area contributed by atoms with Crippen LogP contribution < -0.4 is 0 Å². The molecule has 3 rings (SSSR count). The molecule has 4 nitrogen and oxygen atoms in total. The normalized spacial score (nSPS) is 17.2. The van der Waals surface area contributed by atoms with Crippen molar-refractivity contribution >= 4 is 0 Å². The van der Waals surface area contributed by atoms with E-state index < -0.39 is 0 Å². The lowest BCUT2D eigenvalue weighted by molar-refractivity contribution is 0.203. The third kappa shape index (κ3) is 3.20. The summed E-state index contributed by atoms with van der Waals surface area (Å²) in [7, 11) is 0. The van der Waals surface area contributed by atoms with Gasteiger partial charge in [0, 0.05) is 36.7 Å². The molecule has 0 saturated carbocycles. The van der Waals surface area contributed by atoms with Crippen molar-refractivity contribution in [3.05, 3.63) is 53.9 Å². The molecular weight excluding hydrogens is 248 g/mol. The van der Waals surface area contributed by atoms with E-state index in [2.05, 4.69) is 38.1 Å². The van der Waals surface area contributed by atoms with Gasteiger partial charge in [0.1, 0.15) is 5.82 Å². The van der Waals surface area contributed by atoms with Crippen LogP contribution in [-0.2, 0) is 6.54 Å². The molecule has 4 heteroatoms. The molecule has 1 aliphatic heterocycles. The second kappa shape index (κ2) is 6.09. The monoisotopic (exact) mass is 268 g/mol.